The lowest BCUT2D eigenvalue weighted by atomic mass is 10.3. The number of nitrogens with one attached hydrogen (secondary N) is 1. The number of hydrogen-bond donors (Lipinski definition) is 1. The molecule has 2 aromatic rings. The number of rotatable bonds is 4. The van der Waals surface area contributed by atoms with Gasteiger partial charge >= 0.3 is 0 Å². The summed E-state index contributed by atoms with van der Waals surface area (Å²) in [5.74, 6) is 0.935. The monoisotopic (exact) mass is 219 g/mol. The fourth-order valence-corrected chi connectivity index (χ4v) is 2.08. The molecule has 0 aliphatic carbocycles. The molecule has 0 amide bonds. The average molecular weight is 219 g/mol. The Balaban J connectivity index is 1.93. The Labute approximate surface area is 93.5 Å². The molecule has 1 N–H and O–H groups in total. The molecule has 0 aliphatic heterocycles. The average Bonchev–Trinajstić information content (AvgIpc) is 2.76. The van der Waals surface area contributed by atoms with Crippen molar-refractivity contribution in [1.82, 2.24) is 0 Å². The summed E-state index contributed by atoms with van der Waals surface area (Å²) in [6.45, 7) is 0.845. The minimum Gasteiger partial charge on any atom is -0.496 e. The predicted molar refractivity (Wildman–Crippen MR) is 64.6 cm³/mol. The molecule has 1 aromatic heterocycles. The maximum Gasteiger partial charge on any atom is 0.129 e. The maximum atomic E-state index is 5.13. The van der Waals surface area contributed by atoms with Crippen molar-refractivity contribution in [1.29, 1.82) is 0 Å². The van der Waals surface area contributed by atoms with Crippen LogP contribution in [0.3, 0.4) is 0 Å². The van der Waals surface area contributed by atoms with E-state index in [0.29, 0.717) is 0 Å². The first kappa shape index (κ1) is 10.1. The van der Waals surface area contributed by atoms with Gasteiger partial charge in [-0.2, -0.15) is 0 Å². The molecule has 0 saturated carbocycles. The van der Waals surface area contributed by atoms with Crippen molar-refractivity contribution in [2.45, 2.75) is 6.54 Å². The number of ether oxygens (including phenoxy) is 1. The Morgan fingerprint density at radius 1 is 1.27 bits per heavy atom. The second kappa shape index (κ2) is 4.84. The smallest absolute Gasteiger partial charge is 0.129 e. The molecule has 0 atom stereocenters. The Bertz CT molecular complexity index is 411. The minimum absolute atomic E-state index is 0.845. The molecular weight excluding hydrogens is 206 g/mol. The lowest BCUT2D eigenvalue weighted by Gasteiger charge is -2.03. The van der Waals surface area contributed by atoms with Crippen molar-refractivity contribution < 1.29 is 4.74 Å². The summed E-state index contributed by atoms with van der Waals surface area (Å²) in [5.41, 5.74) is 1.14. The van der Waals surface area contributed by atoms with E-state index in [0.717, 1.165) is 18.0 Å². The molecule has 78 valence electrons. The molecule has 0 aliphatic rings. The van der Waals surface area contributed by atoms with Gasteiger partial charge in [-0.3, -0.25) is 0 Å². The van der Waals surface area contributed by atoms with Crippen LogP contribution in [-0.4, -0.2) is 7.11 Å². The van der Waals surface area contributed by atoms with E-state index in [1.54, 1.807) is 18.4 Å². The predicted octanol–water partition coefficient (Wildman–Crippen LogP) is 3.37. The third-order valence-corrected chi connectivity index (χ3v) is 3.02. The Hall–Kier alpha value is -1.48. The molecule has 0 unspecified atom stereocenters. The zero-order valence-electron chi connectivity index (χ0n) is 8.57. The van der Waals surface area contributed by atoms with Gasteiger partial charge in [-0.05, 0) is 18.2 Å². The fraction of sp³-hybridized carbons (Fsp3) is 0.167. The first-order valence-electron chi connectivity index (χ1n) is 4.79. The zero-order chi connectivity index (χ0) is 10.5. The molecule has 0 bridgehead atoms. The second-order valence-corrected chi connectivity index (χ2v) is 4.17. The van der Waals surface area contributed by atoms with Gasteiger partial charge in [0.1, 0.15) is 5.75 Å². The van der Waals surface area contributed by atoms with Crippen LogP contribution in [0, 0.1) is 0 Å². The lowest BCUT2D eigenvalue weighted by Crippen LogP contribution is -1.96. The lowest BCUT2D eigenvalue weighted by molar-refractivity contribution is 0.416. The number of methoxy groups -OCH3 is 1. The summed E-state index contributed by atoms with van der Waals surface area (Å²) in [6, 6.07) is 12.2. The molecule has 2 nitrogen and oxygen atoms in total. The Morgan fingerprint density at radius 3 is 2.73 bits per heavy atom. The van der Waals surface area contributed by atoms with Crippen LogP contribution >= 0.6 is 11.3 Å². The summed E-state index contributed by atoms with van der Waals surface area (Å²) in [6.07, 6.45) is 0. The second-order valence-electron chi connectivity index (χ2n) is 3.17. The summed E-state index contributed by atoms with van der Waals surface area (Å²) in [5, 5.41) is 5.37. The van der Waals surface area contributed by atoms with Crippen LogP contribution in [-0.2, 0) is 6.54 Å². The van der Waals surface area contributed by atoms with Crippen LogP contribution in [0.5, 0.6) is 5.75 Å². The minimum atomic E-state index is 0.845. The first-order chi connectivity index (χ1) is 7.38. The summed E-state index contributed by atoms with van der Waals surface area (Å²) in [4.78, 5) is 1.27. The molecular formula is C12H13NOS. The van der Waals surface area contributed by atoms with Gasteiger partial charge in [0.2, 0.25) is 0 Å². The van der Waals surface area contributed by atoms with Gasteiger partial charge in [-0.15, -0.1) is 11.3 Å². The van der Waals surface area contributed by atoms with Gasteiger partial charge in [-0.1, -0.05) is 18.2 Å². The third-order valence-electron chi connectivity index (χ3n) is 2.11. The van der Waals surface area contributed by atoms with Crippen LogP contribution in [0.4, 0.5) is 5.69 Å². The van der Waals surface area contributed by atoms with Gasteiger partial charge in [-0.25, -0.2) is 0 Å². The van der Waals surface area contributed by atoms with E-state index in [1.807, 2.05) is 23.6 Å². The summed E-state index contributed by atoms with van der Waals surface area (Å²) in [7, 11) is 1.69. The molecule has 3 heteroatoms. The van der Waals surface area contributed by atoms with Gasteiger partial charge in [0.25, 0.3) is 0 Å². The van der Waals surface area contributed by atoms with Crippen LogP contribution in [0.25, 0.3) is 0 Å². The maximum absolute atomic E-state index is 5.13. The molecule has 1 aromatic carbocycles. The standard InChI is InChI=1S/C12H13NOS/c1-14-11-7-12(15-9-11)8-13-10-5-3-2-4-6-10/h2-7,9,13H,8H2,1H3. The van der Waals surface area contributed by atoms with E-state index in [1.165, 1.54) is 4.88 Å². The topological polar surface area (TPSA) is 21.3 Å². The first-order valence-corrected chi connectivity index (χ1v) is 5.67. The number of thiophene rings is 1. The third kappa shape index (κ3) is 2.73. The molecule has 0 radical (unpaired) electrons. The van der Waals surface area contributed by atoms with Crippen molar-refractivity contribution in [2.75, 3.05) is 12.4 Å². The van der Waals surface area contributed by atoms with Crippen molar-refractivity contribution in [3.63, 3.8) is 0 Å². The van der Waals surface area contributed by atoms with Crippen LogP contribution in [0.1, 0.15) is 4.88 Å². The van der Waals surface area contributed by atoms with E-state index in [4.69, 9.17) is 4.74 Å². The van der Waals surface area contributed by atoms with Crippen molar-refractivity contribution >= 4 is 17.0 Å². The van der Waals surface area contributed by atoms with Gasteiger partial charge in [0.15, 0.2) is 0 Å². The fourth-order valence-electron chi connectivity index (χ4n) is 1.31. The van der Waals surface area contributed by atoms with Crippen LogP contribution < -0.4 is 10.1 Å². The molecule has 1 heterocycles. The van der Waals surface area contributed by atoms with Gasteiger partial charge < -0.3 is 10.1 Å². The van der Waals surface area contributed by atoms with Crippen LogP contribution in [0.15, 0.2) is 41.8 Å². The highest BCUT2D eigenvalue weighted by Gasteiger charge is 1.98. The van der Waals surface area contributed by atoms with E-state index in [9.17, 15) is 0 Å². The highest BCUT2D eigenvalue weighted by Crippen LogP contribution is 2.21. The van der Waals surface area contributed by atoms with Crippen molar-refractivity contribution in [3.8, 4) is 5.75 Å². The number of anilines is 1. The van der Waals surface area contributed by atoms with Gasteiger partial charge in [0.05, 0.1) is 7.11 Å². The van der Waals surface area contributed by atoms with E-state index in [-0.39, 0.29) is 0 Å². The normalized spacial score (nSPS) is 9.93. The quantitative estimate of drug-likeness (QED) is 0.851. The molecule has 0 fully saturated rings. The highest BCUT2D eigenvalue weighted by atomic mass is 32.1. The molecule has 15 heavy (non-hydrogen) atoms. The summed E-state index contributed by atoms with van der Waals surface area (Å²) >= 11 is 1.71. The molecule has 0 saturated heterocycles. The van der Waals surface area contributed by atoms with E-state index in [2.05, 4.69) is 23.5 Å². The number of hydrogen-bond acceptors (Lipinski definition) is 3. The SMILES string of the molecule is COc1csc(CNc2ccccc2)c1. The Morgan fingerprint density at radius 2 is 2.07 bits per heavy atom. The van der Waals surface area contributed by atoms with Crippen molar-refractivity contribution in [3.05, 3.63) is 46.7 Å². The molecule has 0 spiro atoms. The number of benzene rings is 1. The summed E-state index contributed by atoms with van der Waals surface area (Å²) < 4.78 is 5.13. The number of para-hydroxylation sites is 1. The Kier molecular flexibility index (Phi) is 3.25. The highest BCUT2D eigenvalue weighted by molar-refractivity contribution is 7.10. The van der Waals surface area contributed by atoms with Gasteiger partial charge in [0, 0.05) is 22.5 Å². The van der Waals surface area contributed by atoms with E-state index < -0.39 is 0 Å². The largest absolute Gasteiger partial charge is 0.496 e. The van der Waals surface area contributed by atoms with E-state index >= 15 is 0 Å². The van der Waals surface area contributed by atoms with Crippen LogP contribution in [0.2, 0.25) is 0 Å². The zero-order valence-corrected chi connectivity index (χ0v) is 9.38. The van der Waals surface area contributed by atoms with Crippen molar-refractivity contribution in [2.24, 2.45) is 0 Å². The molecule has 2 rings (SSSR count).